The Morgan fingerprint density at radius 1 is 1.53 bits per heavy atom. The predicted molar refractivity (Wildman–Crippen MR) is 64.1 cm³/mol. The number of hydrazine groups is 1. The van der Waals surface area contributed by atoms with E-state index in [0.29, 0.717) is 17.4 Å². The lowest BCUT2D eigenvalue weighted by Gasteiger charge is -2.24. The second-order valence-electron chi connectivity index (χ2n) is 4.43. The number of nitrogens with zero attached hydrogens (tertiary/aromatic N) is 3. The largest absolute Gasteiger partial charge is 0.337 e. The Balaban J connectivity index is 2.06. The highest BCUT2D eigenvalue weighted by Gasteiger charge is 2.33. The minimum Gasteiger partial charge on any atom is -0.337 e. The first-order chi connectivity index (χ1) is 8.13. The molecule has 1 fully saturated rings. The molecule has 0 bridgehead atoms. The minimum atomic E-state index is -0.0968. The standard InChI is InChI=1S/C11H17N5O/c1-7(8-3-4-8)16(2)11(17)9-5-14-10(15-12)6-13-9/h5-8H,3-4,12H2,1-2H3,(H,14,15). The maximum Gasteiger partial charge on any atom is 0.274 e. The molecule has 1 saturated carbocycles. The predicted octanol–water partition coefficient (Wildman–Crippen LogP) is 0.633. The van der Waals surface area contributed by atoms with Gasteiger partial charge in [-0.25, -0.2) is 15.8 Å². The van der Waals surface area contributed by atoms with Crippen LogP contribution in [0, 0.1) is 5.92 Å². The number of nitrogen functional groups attached to an aromatic ring is 1. The van der Waals surface area contributed by atoms with Gasteiger partial charge in [0.15, 0.2) is 5.82 Å². The van der Waals surface area contributed by atoms with Gasteiger partial charge in [-0.15, -0.1) is 0 Å². The fraction of sp³-hybridized carbons (Fsp3) is 0.545. The third-order valence-electron chi connectivity index (χ3n) is 3.25. The van der Waals surface area contributed by atoms with Gasteiger partial charge >= 0.3 is 0 Å². The van der Waals surface area contributed by atoms with Crippen molar-refractivity contribution in [2.24, 2.45) is 11.8 Å². The first-order valence-electron chi connectivity index (χ1n) is 5.69. The molecule has 3 N–H and O–H groups in total. The Kier molecular flexibility index (Phi) is 3.23. The Labute approximate surface area is 100 Å². The Bertz CT molecular complexity index is 401. The second-order valence-corrected chi connectivity index (χ2v) is 4.43. The molecule has 1 amide bonds. The highest BCUT2D eigenvalue weighted by atomic mass is 16.2. The van der Waals surface area contributed by atoms with Crippen LogP contribution in [0.3, 0.4) is 0 Å². The summed E-state index contributed by atoms with van der Waals surface area (Å²) >= 11 is 0. The zero-order valence-corrected chi connectivity index (χ0v) is 10.1. The van der Waals surface area contributed by atoms with Crippen molar-refractivity contribution in [2.75, 3.05) is 12.5 Å². The summed E-state index contributed by atoms with van der Waals surface area (Å²) in [6, 6.07) is 0.261. The molecule has 17 heavy (non-hydrogen) atoms. The van der Waals surface area contributed by atoms with Crippen LogP contribution >= 0.6 is 0 Å². The second kappa shape index (κ2) is 4.67. The third kappa shape index (κ3) is 2.52. The van der Waals surface area contributed by atoms with Gasteiger partial charge in [0.2, 0.25) is 0 Å². The Morgan fingerprint density at radius 3 is 2.71 bits per heavy atom. The number of nitrogens with two attached hydrogens (primary N) is 1. The molecule has 0 radical (unpaired) electrons. The summed E-state index contributed by atoms with van der Waals surface area (Å²) in [6.45, 7) is 2.07. The van der Waals surface area contributed by atoms with E-state index in [1.165, 1.54) is 25.2 Å². The number of aromatic nitrogens is 2. The van der Waals surface area contributed by atoms with Crippen LogP contribution in [0.1, 0.15) is 30.3 Å². The molecule has 1 heterocycles. The monoisotopic (exact) mass is 235 g/mol. The molecule has 1 atom stereocenters. The zero-order chi connectivity index (χ0) is 12.4. The molecule has 0 aliphatic heterocycles. The molecule has 2 rings (SSSR count). The van der Waals surface area contributed by atoms with E-state index in [0.717, 1.165) is 0 Å². The highest BCUT2D eigenvalue weighted by Crippen LogP contribution is 2.34. The number of hydrogen-bond acceptors (Lipinski definition) is 5. The number of amides is 1. The maximum atomic E-state index is 12.1. The van der Waals surface area contributed by atoms with E-state index in [2.05, 4.69) is 22.3 Å². The van der Waals surface area contributed by atoms with E-state index >= 15 is 0 Å². The lowest BCUT2D eigenvalue weighted by atomic mass is 10.2. The molecule has 0 spiro atoms. The van der Waals surface area contributed by atoms with Crippen molar-refractivity contribution in [3.8, 4) is 0 Å². The number of anilines is 1. The average Bonchev–Trinajstić information content (AvgIpc) is 3.20. The molecule has 1 aromatic rings. The smallest absolute Gasteiger partial charge is 0.274 e. The van der Waals surface area contributed by atoms with Crippen LogP contribution in [-0.4, -0.2) is 33.9 Å². The number of hydrogen-bond donors (Lipinski definition) is 2. The molecule has 6 nitrogen and oxygen atoms in total. The number of carbonyl (C=O) groups is 1. The van der Waals surface area contributed by atoms with E-state index in [4.69, 9.17) is 5.84 Å². The number of carbonyl (C=O) groups excluding carboxylic acids is 1. The van der Waals surface area contributed by atoms with E-state index in [1.54, 1.807) is 4.90 Å². The molecular formula is C11H17N5O. The van der Waals surface area contributed by atoms with Gasteiger partial charge in [-0.05, 0) is 25.7 Å². The van der Waals surface area contributed by atoms with Crippen molar-refractivity contribution in [3.05, 3.63) is 18.1 Å². The summed E-state index contributed by atoms with van der Waals surface area (Å²) < 4.78 is 0. The van der Waals surface area contributed by atoms with Crippen molar-refractivity contribution < 1.29 is 4.79 Å². The molecule has 92 valence electrons. The topological polar surface area (TPSA) is 84.1 Å². The Morgan fingerprint density at radius 2 is 2.24 bits per heavy atom. The van der Waals surface area contributed by atoms with Crippen molar-refractivity contribution in [3.63, 3.8) is 0 Å². The van der Waals surface area contributed by atoms with Gasteiger partial charge in [0.05, 0.1) is 12.4 Å². The van der Waals surface area contributed by atoms with Gasteiger partial charge in [-0.1, -0.05) is 0 Å². The summed E-state index contributed by atoms with van der Waals surface area (Å²) in [7, 11) is 1.81. The molecule has 1 unspecified atom stereocenters. The van der Waals surface area contributed by atoms with Crippen molar-refractivity contribution in [1.29, 1.82) is 0 Å². The van der Waals surface area contributed by atoms with Crippen molar-refractivity contribution in [1.82, 2.24) is 14.9 Å². The maximum absolute atomic E-state index is 12.1. The number of rotatable bonds is 4. The van der Waals surface area contributed by atoms with Gasteiger partial charge < -0.3 is 10.3 Å². The SMILES string of the molecule is CC(C1CC1)N(C)C(=O)c1cnc(NN)cn1. The molecule has 1 aromatic heterocycles. The third-order valence-corrected chi connectivity index (χ3v) is 3.25. The summed E-state index contributed by atoms with van der Waals surface area (Å²) in [5.74, 6) is 6.17. The summed E-state index contributed by atoms with van der Waals surface area (Å²) in [6.07, 6.45) is 5.30. The molecule has 1 aliphatic rings. The highest BCUT2D eigenvalue weighted by molar-refractivity contribution is 5.92. The summed E-state index contributed by atoms with van der Waals surface area (Å²) in [5, 5.41) is 0. The summed E-state index contributed by atoms with van der Waals surface area (Å²) in [4.78, 5) is 21.8. The zero-order valence-electron chi connectivity index (χ0n) is 10.1. The van der Waals surface area contributed by atoms with E-state index < -0.39 is 0 Å². The van der Waals surface area contributed by atoms with E-state index in [-0.39, 0.29) is 11.9 Å². The first kappa shape index (κ1) is 11.8. The molecule has 0 aromatic carbocycles. The van der Waals surface area contributed by atoms with Crippen LogP contribution in [-0.2, 0) is 0 Å². The van der Waals surface area contributed by atoms with Crippen molar-refractivity contribution >= 4 is 11.7 Å². The lowest BCUT2D eigenvalue weighted by Crippen LogP contribution is -2.36. The van der Waals surface area contributed by atoms with Gasteiger partial charge in [0.25, 0.3) is 5.91 Å². The van der Waals surface area contributed by atoms with Gasteiger partial charge in [0, 0.05) is 13.1 Å². The molecule has 1 aliphatic carbocycles. The van der Waals surface area contributed by atoms with Crippen LogP contribution < -0.4 is 11.3 Å². The average molecular weight is 235 g/mol. The van der Waals surface area contributed by atoms with Crippen LogP contribution in [0.5, 0.6) is 0 Å². The van der Waals surface area contributed by atoms with E-state index in [1.807, 2.05) is 7.05 Å². The fourth-order valence-electron chi connectivity index (χ4n) is 1.77. The van der Waals surface area contributed by atoms with Crippen LogP contribution in [0.15, 0.2) is 12.4 Å². The van der Waals surface area contributed by atoms with Crippen LogP contribution in [0.2, 0.25) is 0 Å². The van der Waals surface area contributed by atoms with Crippen LogP contribution in [0.4, 0.5) is 5.82 Å². The number of nitrogens with one attached hydrogen (secondary N) is 1. The normalized spacial score (nSPS) is 16.4. The molecule has 6 heteroatoms. The molecular weight excluding hydrogens is 218 g/mol. The fourth-order valence-corrected chi connectivity index (χ4v) is 1.77. The van der Waals surface area contributed by atoms with Crippen molar-refractivity contribution in [2.45, 2.75) is 25.8 Å². The quantitative estimate of drug-likeness (QED) is 0.590. The van der Waals surface area contributed by atoms with Crippen LogP contribution in [0.25, 0.3) is 0 Å². The molecule has 0 saturated heterocycles. The van der Waals surface area contributed by atoms with Gasteiger partial charge in [0.1, 0.15) is 5.69 Å². The summed E-state index contributed by atoms with van der Waals surface area (Å²) in [5.41, 5.74) is 2.72. The van der Waals surface area contributed by atoms with E-state index in [9.17, 15) is 4.79 Å². The first-order valence-corrected chi connectivity index (χ1v) is 5.69. The lowest BCUT2D eigenvalue weighted by molar-refractivity contribution is 0.0721. The Hall–Kier alpha value is -1.69. The van der Waals surface area contributed by atoms with Gasteiger partial charge in [-0.2, -0.15) is 0 Å². The van der Waals surface area contributed by atoms with Gasteiger partial charge in [-0.3, -0.25) is 4.79 Å². The minimum absolute atomic E-state index is 0.0968.